The van der Waals surface area contributed by atoms with Crippen molar-refractivity contribution in [1.82, 2.24) is 15.6 Å². The molecule has 2 aliphatic carbocycles. The number of nitrogens with zero attached hydrogens (tertiary/aromatic N) is 1. The van der Waals surface area contributed by atoms with Gasteiger partial charge in [-0.2, -0.15) is 0 Å². The fourth-order valence-corrected chi connectivity index (χ4v) is 6.45. The van der Waals surface area contributed by atoms with Crippen LogP contribution in [0.25, 0.3) is 0 Å². The summed E-state index contributed by atoms with van der Waals surface area (Å²) in [5, 5.41) is 17.7. The minimum absolute atomic E-state index is 0.00124. The van der Waals surface area contributed by atoms with Crippen molar-refractivity contribution in [2.45, 2.75) is 65.1 Å². The van der Waals surface area contributed by atoms with Crippen molar-refractivity contribution >= 4 is 11.8 Å². The van der Waals surface area contributed by atoms with Gasteiger partial charge >= 0.3 is 0 Å². The zero-order valence-electron chi connectivity index (χ0n) is 21.5. The second-order valence-electron chi connectivity index (χ2n) is 10.9. The van der Waals surface area contributed by atoms with Crippen LogP contribution in [0, 0.1) is 29.1 Å². The molecular formula is C29H39N3O4. The summed E-state index contributed by atoms with van der Waals surface area (Å²) in [4.78, 5) is 29.9. The lowest BCUT2D eigenvalue weighted by atomic mass is 9.51. The number of aromatic nitrogens is 1. The zero-order chi connectivity index (χ0) is 25.7. The van der Waals surface area contributed by atoms with E-state index in [0.717, 1.165) is 31.4 Å². The highest BCUT2D eigenvalue weighted by atomic mass is 16.5. The molecule has 2 aliphatic rings. The van der Waals surface area contributed by atoms with Crippen molar-refractivity contribution in [1.29, 1.82) is 0 Å². The van der Waals surface area contributed by atoms with E-state index in [-0.39, 0.29) is 53.5 Å². The molecule has 36 heavy (non-hydrogen) atoms. The summed E-state index contributed by atoms with van der Waals surface area (Å²) in [5.74, 6) is 0.128. The lowest BCUT2D eigenvalue weighted by Crippen LogP contribution is -2.58. The molecule has 4 rings (SSSR count). The SMILES string of the molecule is C[C@H]1[C@@H]2[C@@H](O)[C@@H]([C@H](C)C(=O)NCc3ccccn3)CC[C@@]2(C)CC[C@@H]1NC(=O)COc1ccccc1. The number of rotatable bonds is 8. The van der Waals surface area contributed by atoms with E-state index in [1.807, 2.05) is 55.5 Å². The second-order valence-corrected chi connectivity index (χ2v) is 10.9. The number of amides is 2. The van der Waals surface area contributed by atoms with Gasteiger partial charge in [0.1, 0.15) is 5.75 Å². The highest BCUT2D eigenvalue weighted by molar-refractivity contribution is 5.79. The van der Waals surface area contributed by atoms with Gasteiger partial charge < -0.3 is 20.5 Å². The van der Waals surface area contributed by atoms with Crippen LogP contribution < -0.4 is 15.4 Å². The molecule has 0 bridgehead atoms. The Hall–Kier alpha value is -2.93. The third-order valence-corrected chi connectivity index (χ3v) is 8.57. The summed E-state index contributed by atoms with van der Waals surface area (Å²) in [6, 6.07) is 14.9. The number of nitrogens with one attached hydrogen (secondary N) is 2. The van der Waals surface area contributed by atoms with E-state index in [1.165, 1.54) is 0 Å². The van der Waals surface area contributed by atoms with E-state index in [1.54, 1.807) is 6.20 Å². The number of carbonyl (C=O) groups is 2. The second kappa shape index (κ2) is 11.4. The fourth-order valence-electron chi connectivity index (χ4n) is 6.45. The number of para-hydroxylation sites is 1. The van der Waals surface area contributed by atoms with Crippen LogP contribution in [0.15, 0.2) is 54.7 Å². The van der Waals surface area contributed by atoms with Crippen LogP contribution in [0.5, 0.6) is 5.75 Å². The number of hydrogen-bond acceptors (Lipinski definition) is 5. The van der Waals surface area contributed by atoms with Gasteiger partial charge in [-0.3, -0.25) is 14.6 Å². The summed E-state index contributed by atoms with van der Waals surface area (Å²) in [6.45, 7) is 6.65. The highest BCUT2D eigenvalue weighted by Crippen LogP contribution is 2.55. The molecule has 1 aromatic carbocycles. The molecule has 7 heteroatoms. The molecule has 3 N–H and O–H groups in total. The van der Waals surface area contributed by atoms with Crippen LogP contribution in [0.2, 0.25) is 0 Å². The molecular weight excluding hydrogens is 454 g/mol. The maximum absolute atomic E-state index is 13.0. The minimum Gasteiger partial charge on any atom is -0.484 e. The van der Waals surface area contributed by atoms with E-state index in [2.05, 4.69) is 29.5 Å². The van der Waals surface area contributed by atoms with Gasteiger partial charge in [0.15, 0.2) is 6.61 Å². The Kier molecular flexibility index (Phi) is 8.29. The van der Waals surface area contributed by atoms with Crippen molar-refractivity contribution in [3.63, 3.8) is 0 Å². The van der Waals surface area contributed by atoms with Crippen LogP contribution >= 0.6 is 0 Å². The molecule has 1 heterocycles. The Bertz CT molecular complexity index is 1020. The van der Waals surface area contributed by atoms with Gasteiger partial charge in [0, 0.05) is 18.2 Å². The van der Waals surface area contributed by atoms with Gasteiger partial charge in [-0.1, -0.05) is 45.0 Å². The van der Waals surface area contributed by atoms with E-state index in [9.17, 15) is 14.7 Å². The topological polar surface area (TPSA) is 101 Å². The predicted octanol–water partition coefficient (Wildman–Crippen LogP) is 3.72. The molecule has 0 unspecified atom stereocenters. The Balaban J connectivity index is 1.36. The number of aliphatic hydroxyl groups is 1. The monoisotopic (exact) mass is 493 g/mol. The maximum Gasteiger partial charge on any atom is 0.258 e. The lowest BCUT2D eigenvalue weighted by Gasteiger charge is -2.56. The maximum atomic E-state index is 13.0. The van der Waals surface area contributed by atoms with Crippen LogP contribution in [0.1, 0.15) is 52.1 Å². The van der Waals surface area contributed by atoms with E-state index >= 15 is 0 Å². The lowest BCUT2D eigenvalue weighted by molar-refractivity contribution is -0.144. The molecule has 1 aromatic heterocycles. The van der Waals surface area contributed by atoms with E-state index < -0.39 is 6.10 Å². The van der Waals surface area contributed by atoms with Gasteiger partial charge in [0.05, 0.1) is 18.3 Å². The molecule has 2 saturated carbocycles. The van der Waals surface area contributed by atoms with Crippen molar-refractivity contribution in [2.24, 2.45) is 29.1 Å². The molecule has 2 amide bonds. The largest absolute Gasteiger partial charge is 0.484 e. The zero-order valence-corrected chi connectivity index (χ0v) is 21.5. The van der Waals surface area contributed by atoms with Gasteiger partial charge in [-0.25, -0.2) is 0 Å². The molecule has 0 radical (unpaired) electrons. The first-order chi connectivity index (χ1) is 17.3. The summed E-state index contributed by atoms with van der Waals surface area (Å²) in [7, 11) is 0. The Morgan fingerprint density at radius 1 is 1.14 bits per heavy atom. The third-order valence-electron chi connectivity index (χ3n) is 8.57. The first-order valence-corrected chi connectivity index (χ1v) is 13.1. The Morgan fingerprint density at radius 2 is 1.86 bits per heavy atom. The van der Waals surface area contributed by atoms with Gasteiger partial charge in [-0.15, -0.1) is 0 Å². The molecule has 7 atom stereocenters. The Morgan fingerprint density at radius 3 is 2.58 bits per heavy atom. The molecule has 2 aromatic rings. The molecule has 7 nitrogen and oxygen atoms in total. The van der Waals surface area contributed by atoms with Crippen molar-refractivity contribution < 1.29 is 19.4 Å². The van der Waals surface area contributed by atoms with Crippen molar-refractivity contribution in [2.75, 3.05) is 6.61 Å². The van der Waals surface area contributed by atoms with Gasteiger partial charge in [-0.05, 0) is 73.1 Å². The summed E-state index contributed by atoms with van der Waals surface area (Å²) in [6.07, 6.45) is 4.72. The first kappa shape index (κ1) is 26.1. The number of fused-ring (bicyclic) bond motifs is 1. The number of aliphatic hydroxyl groups excluding tert-OH is 1. The average molecular weight is 494 g/mol. The molecule has 0 aliphatic heterocycles. The molecule has 0 spiro atoms. The van der Waals surface area contributed by atoms with E-state index in [4.69, 9.17) is 4.74 Å². The fraction of sp³-hybridized carbons (Fsp3) is 0.552. The van der Waals surface area contributed by atoms with Gasteiger partial charge in [0.25, 0.3) is 5.91 Å². The van der Waals surface area contributed by atoms with Crippen molar-refractivity contribution in [3.05, 3.63) is 60.4 Å². The minimum atomic E-state index is -0.602. The average Bonchev–Trinajstić information content (AvgIpc) is 2.89. The quantitative estimate of drug-likeness (QED) is 0.520. The molecule has 194 valence electrons. The number of carbonyl (C=O) groups excluding carboxylic acids is 2. The standard InChI is InChI=1S/C29H39N3O4/c1-19(28(35)31-17-21-9-7-8-16-30-21)23-12-14-29(3)15-13-24(20(2)26(29)27(23)34)32-25(33)18-36-22-10-5-4-6-11-22/h4-11,16,19-20,23-24,26-27,34H,12-15,17-18H2,1-3H3,(H,31,35)(H,32,33)/t19-,20+,23+,24-,26+,27-,29-/m0/s1. The number of ether oxygens (including phenoxy) is 1. The normalized spacial score (nSPS) is 30.5. The number of pyridine rings is 1. The van der Waals surface area contributed by atoms with Crippen LogP contribution in [-0.2, 0) is 16.1 Å². The smallest absolute Gasteiger partial charge is 0.258 e. The summed E-state index contributed by atoms with van der Waals surface area (Å²) in [5.41, 5.74) is 0.812. The number of hydrogen-bond donors (Lipinski definition) is 3. The summed E-state index contributed by atoms with van der Waals surface area (Å²) >= 11 is 0. The van der Waals surface area contributed by atoms with Gasteiger partial charge in [0.2, 0.25) is 5.91 Å². The highest BCUT2D eigenvalue weighted by Gasteiger charge is 2.53. The van der Waals surface area contributed by atoms with Crippen LogP contribution in [-0.4, -0.2) is 40.7 Å². The predicted molar refractivity (Wildman–Crippen MR) is 138 cm³/mol. The first-order valence-electron chi connectivity index (χ1n) is 13.1. The molecule has 0 saturated heterocycles. The molecule has 2 fully saturated rings. The van der Waals surface area contributed by atoms with E-state index in [0.29, 0.717) is 12.3 Å². The summed E-state index contributed by atoms with van der Waals surface area (Å²) < 4.78 is 5.61. The third kappa shape index (κ3) is 5.89. The van der Waals surface area contributed by atoms with Crippen LogP contribution in [0.4, 0.5) is 0 Å². The number of benzene rings is 1. The Labute approximate surface area is 214 Å². The van der Waals surface area contributed by atoms with Crippen molar-refractivity contribution in [3.8, 4) is 5.75 Å². The van der Waals surface area contributed by atoms with Crippen LogP contribution in [0.3, 0.4) is 0 Å².